The van der Waals surface area contributed by atoms with Gasteiger partial charge in [0.25, 0.3) is 0 Å². The summed E-state index contributed by atoms with van der Waals surface area (Å²) in [5.41, 5.74) is 0. The molecule has 0 radical (unpaired) electrons. The Morgan fingerprint density at radius 1 is 1.50 bits per heavy atom. The third-order valence-corrected chi connectivity index (χ3v) is 5.50. The van der Waals surface area contributed by atoms with Crippen molar-refractivity contribution < 1.29 is 13.2 Å². The number of benzene rings is 1. The Morgan fingerprint density at radius 3 is 2.75 bits per heavy atom. The van der Waals surface area contributed by atoms with Gasteiger partial charge >= 0.3 is 0 Å². The van der Waals surface area contributed by atoms with Crippen molar-refractivity contribution in [3.63, 3.8) is 0 Å². The van der Waals surface area contributed by atoms with Crippen molar-refractivity contribution in [1.29, 1.82) is 0 Å². The molecular weight excluding hydrogens is 342 g/mol. The fraction of sp³-hybridized carbons (Fsp3) is 0.429. The summed E-state index contributed by atoms with van der Waals surface area (Å²) in [4.78, 5) is 0.144. The highest BCUT2D eigenvalue weighted by Gasteiger charge is 2.33. The van der Waals surface area contributed by atoms with Crippen molar-refractivity contribution in [3.05, 3.63) is 22.7 Å². The largest absolute Gasteiger partial charge is 0.495 e. The van der Waals surface area contributed by atoms with Crippen LogP contribution in [-0.4, -0.2) is 32.9 Å². The maximum atomic E-state index is 12.7. The molecule has 0 saturated heterocycles. The molecule has 2 rings (SSSR count). The first-order valence-corrected chi connectivity index (χ1v) is 8.49. The predicted molar refractivity (Wildman–Crippen MR) is 81.0 cm³/mol. The Morgan fingerprint density at radius 2 is 2.20 bits per heavy atom. The van der Waals surface area contributed by atoms with Gasteiger partial charge in [0.1, 0.15) is 10.6 Å². The van der Waals surface area contributed by atoms with Crippen LogP contribution in [0.25, 0.3) is 0 Å². The molecule has 1 aliphatic rings. The summed E-state index contributed by atoms with van der Waals surface area (Å²) in [5.74, 6) is 3.18. The molecule has 108 valence electrons. The molecule has 0 bridgehead atoms. The summed E-state index contributed by atoms with van der Waals surface area (Å²) in [7, 11) is -2.19. The van der Waals surface area contributed by atoms with E-state index in [2.05, 4.69) is 21.9 Å². The number of ether oxygens (including phenoxy) is 1. The summed E-state index contributed by atoms with van der Waals surface area (Å²) >= 11 is 3.29. The monoisotopic (exact) mass is 357 g/mol. The molecule has 6 heteroatoms. The van der Waals surface area contributed by atoms with Crippen LogP contribution in [0.1, 0.15) is 12.8 Å². The van der Waals surface area contributed by atoms with E-state index in [4.69, 9.17) is 11.2 Å². The quantitative estimate of drug-likeness (QED) is 0.734. The highest BCUT2D eigenvalue weighted by atomic mass is 79.9. The SMILES string of the molecule is C#CCN(CC1CC1)S(=O)(=O)c1cc(Br)ccc1OC. The molecular formula is C14H16BrNO3S. The lowest BCUT2D eigenvalue weighted by Gasteiger charge is -2.21. The fourth-order valence-electron chi connectivity index (χ4n) is 1.93. The van der Waals surface area contributed by atoms with Crippen molar-refractivity contribution >= 4 is 26.0 Å². The van der Waals surface area contributed by atoms with Gasteiger partial charge in [-0.3, -0.25) is 0 Å². The van der Waals surface area contributed by atoms with E-state index in [1.807, 2.05) is 0 Å². The molecule has 0 heterocycles. The van der Waals surface area contributed by atoms with Crippen LogP contribution in [0.2, 0.25) is 0 Å². The highest BCUT2D eigenvalue weighted by Crippen LogP contribution is 2.34. The van der Waals surface area contributed by atoms with Gasteiger partial charge in [0.2, 0.25) is 10.0 Å². The maximum Gasteiger partial charge on any atom is 0.247 e. The molecule has 0 unspecified atom stereocenters. The Hall–Kier alpha value is -1.03. The molecule has 1 aromatic carbocycles. The molecule has 1 aliphatic carbocycles. The molecule has 1 aromatic rings. The average Bonchev–Trinajstić information content (AvgIpc) is 3.22. The number of terminal acetylenes is 1. The molecule has 0 N–H and O–H groups in total. The summed E-state index contributed by atoms with van der Waals surface area (Å²) in [5, 5.41) is 0. The van der Waals surface area contributed by atoms with Crippen LogP contribution in [0.15, 0.2) is 27.6 Å². The predicted octanol–water partition coefficient (Wildman–Crippen LogP) is 2.49. The van der Waals surface area contributed by atoms with E-state index < -0.39 is 10.0 Å². The number of sulfonamides is 1. The van der Waals surface area contributed by atoms with Crippen LogP contribution in [0, 0.1) is 18.3 Å². The van der Waals surface area contributed by atoms with Gasteiger partial charge in [-0.05, 0) is 37.0 Å². The summed E-state index contributed by atoms with van der Waals surface area (Å²) in [6, 6.07) is 4.91. The Labute approximate surface area is 128 Å². The van der Waals surface area contributed by atoms with Crippen molar-refractivity contribution in [2.24, 2.45) is 5.92 Å². The first-order chi connectivity index (χ1) is 9.48. The lowest BCUT2D eigenvalue weighted by Crippen LogP contribution is -2.33. The second kappa shape index (κ2) is 6.17. The Kier molecular flexibility index (Phi) is 4.74. The van der Waals surface area contributed by atoms with Gasteiger partial charge in [-0.1, -0.05) is 21.9 Å². The van der Waals surface area contributed by atoms with E-state index in [-0.39, 0.29) is 11.4 Å². The lowest BCUT2D eigenvalue weighted by atomic mass is 10.3. The van der Waals surface area contributed by atoms with E-state index in [0.29, 0.717) is 22.7 Å². The van der Waals surface area contributed by atoms with Crippen LogP contribution in [0.5, 0.6) is 5.75 Å². The molecule has 0 amide bonds. The Bertz CT molecular complexity index is 632. The molecule has 0 spiro atoms. The normalized spacial score (nSPS) is 15.1. The van der Waals surface area contributed by atoms with E-state index in [1.54, 1.807) is 18.2 Å². The van der Waals surface area contributed by atoms with Gasteiger partial charge in [0, 0.05) is 11.0 Å². The topological polar surface area (TPSA) is 46.6 Å². The van der Waals surface area contributed by atoms with E-state index in [0.717, 1.165) is 12.8 Å². The smallest absolute Gasteiger partial charge is 0.247 e. The molecule has 20 heavy (non-hydrogen) atoms. The number of hydrogen-bond donors (Lipinski definition) is 0. The van der Waals surface area contributed by atoms with Crippen molar-refractivity contribution in [3.8, 4) is 18.1 Å². The zero-order valence-corrected chi connectivity index (χ0v) is 13.6. The van der Waals surface area contributed by atoms with E-state index in [1.165, 1.54) is 11.4 Å². The van der Waals surface area contributed by atoms with Gasteiger partial charge in [-0.2, -0.15) is 4.31 Å². The molecule has 1 fully saturated rings. The van der Waals surface area contributed by atoms with Gasteiger partial charge < -0.3 is 4.74 Å². The minimum atomic E-state index is -3.65. The van der Waals surface area contributed by atoms with Crippen molar-refractivity contribution in [1.82, 2.24) is 4.31 Å². The number of hydrogen-bond acceptors (Lipinski definition) is 3. The van der Waals surface area contributed by atoms with Gasteiger partial charge in [-0.25, -0.2) is 8.42 Å². The molecule has 0 aromatic heterocycles. The van der Waals surface area contributed by atoms with Gasteiger partial charge in [0.05, 0.1) is 13.7 Å². The van der Waals surface area contributed by atoms with Gasteiger partial charge in [-0.15, -0.1) is 6.42 Å². The fourth-order valence-corrected chi connectivity index (χ4v) is 4.05. The molecule has 0 aliphatic heterocycles. The summed E-state index contributed by atoms with van der Waals surface area (Å²) < 4.78 is 32.7. The third kappa shape index (κ3) is 3.35. The highest BCUT2D eigenvalue weighted by molar-refractivity contribution is 9.10. The van der Waals surface area contributed by atoms with Crippen LogP contribution < -0.4 is 4.74 Å². The minimum absolute atomic E-state index is 0.0779. The van der Waals surface area contributed by atoms with Crippen LogP contribution >= 0.6 is 15.9 Å². The van der Waals surface area contributed by atoms with Gasteiger partial charge in [0.15, 0.2) is 0 Å². The first kappa shape index (κ1) is 15.4. The third-order valence-electron chi connectivity index (χ3n) is 3.17. The van der Waals surface area contributed by atoms with Crippen LogP contribution in [0.4, 0.5) is 0 Å². The van der Waals surface area contributed by atoms with Crippen LogP contribution in [0.3, 0.4) is 0 Å². The van der Waals surface area contributed by atoms with Crippen molar-refractivity contribution in [2.75, 3.05) is 20.2 Å². The van der Waals surface area contributed by atoms with E-state index in [9.17, 15) is 8.42 Å². The standard InChI is InChI=1S/C14H16BrNO3S/c1-3-8-16(10-11-4-5-11)20(17,18)14-9-12(15)6-7-13(14)19-2/h1,6-7,9,11H,4-5,8,10H2,2H3. The second-order valence-electron chi connectivity index (χ2n) is 4.74. The van der Waals surface area contributed by atoms with E-state index >= 15 is 0 Å². The Balaban J connectivity index is 2.40. The molecule has 1 saturated carbocycles. The summed E-state index contributed by atoms with van der Waals surface area (Å²) in [6.45, 7) is 0.552. The number of methoxy groups -OCH3 is 1. The second-order valence-corrected chi connectivity index (χ2v) is 7.56. The summed E-state index contributed by atoms with van der Waals surface area (Å²) in [6.07, 6.45) is 7.43. The average molecular weight is 358 g/mol. The number of rotatable bonds is 6. The lowest BCUT2D eigenvalue weighted by molar-refractivity contribution is 0.393. The minimum Gasteiger partial charge on any atom is -0.495 e. The zero-order valence-electron chi connectivity index (χ0n) is 11.2. The number of nitrogens with zero attached hydrogens (tertiary/aromatic N) is 1. The van der Waals surface area contributed by atoms with Crippen molar-refractivity contribution in [2.45, 2.75) is 17.7 Å². The molecule has 0 atom stereocenters. The number of halogens is 1. The maximum absolute atomic E-state index is 12.7. The van der Waals surface area contributed by atoms with Crippen LogP contribution in [-0.2, 0) is 10.0 Å². The molecule has 4 nitrogen and oxygen atoms in total. The zero-order chi connectivity index (χ0) is 14.8. The first-order valence-electron chi connectivity index (χ1n) is 6.26.